The summed E-state index contributed by atoms with van der Waals surface area (Å²) < 4.78 is 5.40. The van der Waals surface area contributed by atoms with Crippen LogP contribution in [0.3, 0.4) is 0 Å². The van der Waals surface area contributed by atoms with Gasteiger partial charge in [0.1, 0.15) is 5.75 Å². The smallest absolute Gasteiger partial charge is 0.219 e. The molecule has 2 aromatic carbocycles. The summed E-state index contributed by atoms with van der Waals surface area (Å²) in [6.45, 7) is 2.93. The third-order valence-electron chi connectivity index (χ3n) is 4.55. The maximum Gasteiger partial charge on any atom is 0.219 e. The zero-order chi connectivity index (χ0) is 19.6. The fourth-order valence-corrected chi connectivity index (χ4v) is 3.19. The molecular formula is C23H26N2O2. The molecule has 0 aliphatic carbocycles. The van der Waals surface area contributed by atoms with E-state index >= 15 is 0 Å². The van der Waals surface area contributed by atoms with E-state index in [-0.39, 0.29) is 5.91 Å². The number of amides is 1. The Hall–Kier alpha value is -3.19. The first-order valence-corrected chi connectivity index (χ1v) is 8.95. The molecule has 3 rings (SSSR count). The van der Waals surface area contributed by atoms with E-state index in [1.807, 2.05) is 35.2 Å². The number of ether oxygens (including phenoxy) is 1. The molecule has 0 unspecified atom stereocenters. The summed E-state index contributed by atoms with van der Waals surface area (Å²) >= 11 is 0. The van der Waals surface area contributed by atoms with Gasteiger partial charge in [-0.25, -0.2) is 0 Å². The van der Waals surface area contributed by atoms with Crippen molar-refractivity contribution in [3.8, 4) is 18.6 Å². The van der Waals surface area contributed by atoms with Gasteiger partial charge in [-0.15, -0.1) is 12.8 Å². The zero-order valence-corrected chi connectivity index (χ0v) is 15.9. The van der Waals surface area contributed by atoms with Gasteiger partial charge in [-0.1, -0.05) is 36.4 Å². The lowest BCUT2D eigenvalue weighted by Gasteiger charge is -2.22. The number of carbonyl (C=O) groups is 1. The molecule has 0 atom stereocenters. The van der Waals surface area contributed by atoms with Gasteiger partial charge in [0.05, 0.1) is 7.11 Å². The number of rotatable bonds is 7. The Morgan fingerprint density at radius 2 is 1.78 bits per heavy atom. The lowest BCUT2D eigenvalue weighted by atomic mass is 10.1. The Labute approximate surface area is 161 Å². The van der Waals surface area contributed by atoms with E-state index in [4.69, 9.17) is 4.74 Å². The number of fused-ring (bicyclic) bond motifs is 1. The van der Waals surface area contributed by atoms with E-state index in [2.05, 4.69) is 42.2 Å². The molecule has 0 bridgehead atoms. The van der Waals surface area contributed by atoms with Gasteiger partial charge in [0, 0.05) is 42.7 Å². The van der Waals surface area contributed by atoms with Crippen LogP contribution < -0.4 is 4.74 Å². The maximum atomic E-state index is 12.0. The Kier molecular flexibility index (Phi) is 7.51. The zero-order valence-electron chi connectivity index (χ0n) is 15.9. The number of methoxy groups -OCH3 is 1. The molecule has 0 radical (unpaired) electrons. The fourth-order valence-electron chi connectivity index (χ4n) is 3.19. The summed E-state index contributed by atoms with van der Waals surface area (Å²) in [4.78, 5) is 17.2. The van der Waals surface area contributed by atoms with Gasteiger partial charge in [0.15, 0.2) is 0 Å². The molecular weight excluding hydrogens is 336 g/mol. The number of H-pyrrole nitrogens is 1. The highest BCUT2D eigenvalue weighted by Gasteiger charge is 2.12. The van der Waals surface area contributed by atoms with Gasteiger partial charge in [0.2, 0.25) is 5.91 Å². The number of nitrogens with one attached hydrogen (secondary N) is 1. The van der Waals surface area contributed by atoms with Crippen LogP contribution in [-0.4, -0.2) is 29.4 Å². The first-order chi connectivity index (χ1) is 13.2. The van der Waals surface area contributed by atoms with E-state index in [1.165, 1.54) is 10.9 Å². The normalized spacial score (nSPS) is 10.1. The van der Waals surface area contributed by atoms with Crippen molar-refractivity contribution in [1.29, 1.82) is 0 Å². The van der Waals surface area contributed by atoms with Gasteiger partial charge in [-0.3, -0.25) is 4.79 Å². The summed E-state index contributed by atoms with van der Waals surface area (Å²) in [5.41, 5.74) is 3.50. The summed E-state index contributed by atoms with van der Waals surface area (Å²) in [7, 11) is 1.66. The molecule has 0 aliphatic rings. The molecule has 27 heavy (non-hydrogen) atoms. The minimum Gasteiger partial charge on any atom is -0.496 e. The Morgan fingerprint density at radius 3 is 2.52 bits per heavy atom. The van der Waals surface area contributed by atoms with E-state index < -0.39 is 0 Å². The predicted octanol–water partition coefficient (Wildman–Crippen LogP) is 4.41. The number of benzene rings is 2. The number of aryl methyl sites for hydroxylation is 1. The second kappa shape index (κ2) is 10.1. The second-order valence-corrected chi connectivity index (χ2v) is 6.22. The van der Waals surface area contributed by atoms with Crippen LogP contribution in [0.5, 0.6) is 5.75 Å². The van der Waals surface area contributed by atoms with Crippen molar-refractivity contribution in [3.63, 3.8) is 0 Å². The highest BCUT2D eigenvalue weighted by Crippen LogP contribution is 2.21. The van der Waals surface area contributed by atoms with Gasteiger partial charge < -0.3 is 14.6 Å². The van der Waals surface area contributed by atoms with Crippen molar-refractivity contribution in [1.82, 2.24) is 9.88 Å². The summed E-state index contributed by atoms with van der Waals surface area (Å²) in [5.74, 6) is 0.912. The third-order valence-corrected chi connectivity index (χ3v) is 4.55. The maximum absolute atomic E-state index is 12.0. The van der Waals surface area contributed by atoms with Gasteiger partial charge >= 0.3 is 0 Å². The number of terminal acetylenes is 1. The minimum absolute atomic E-state index is 0.0878. The van der Waals surface area contributed by atoms with E-state index in [0.717, 1.165) is 36.2 Å². The van der Waals surface area contributed by atoms with Crippen molar-refractivity contribution in [2.45, 2.75) is 26.3 Å². The molecule has 0 aliphatic heterocycles. The molecule has 3 aromatic rings. The van der Waals surface area contributed by atoms with Crippen LogP contribution in [0, 0.1) is 12.8 Å². The van der Waals surface area contributed by atoms with Crippen LogP contribution in [0.15, 0.2) is 54.7 Å². The van der Waals surface area contributed by atoms with Crippen molar-refractivity contribution in [2.75, 3.05) is 13.7 Å². The van der Waals surface area contributed by atoms with Crippen molar-refractivity contribution in [2.24, 2.45) is 0 Å². The first kappa shape index (κ1) is 20.1. The molecule has 140 valence electrons. The minimum atomic E-state index is 0.0878. The third kappa shape index (κ3) is 5.15. The fraction of sp³-hybridized carbons (Fsp3) is 0.261. The number of para-hydroxylation sites is 2. The van der Waals surface area contributed by atoms with Crippen molar-refractivity contribution >= 4 is 16.8 Å². The van der Waals surface area contributed by atoms with E-state index in [1.54, 1.807) is 14.0 Å². The molecule has 1 amide bonds. The highest BCUT2D eigenvalue weighted by atomic mass is 16.5. The summed E-state index contributed by atoms with van der Waals surface area (Å²) in [6.07, 6.45) is 11.9. The van der Waals surface area contributed by atoms with Crippen LogP contribution in [0.25, 0.3) is 10.9 Å². The second-order valence-electron chi connectivity index (χ2n) is 6.22. The van der Waals surface area contributed by atoms with Gasteiger partial charge in [-0.2, -0.15) is 0 Å². The average molecular weight is 362 g/mol. The van der Waals surface area contributed by atoms with Crippen molar-refractivity contribution < 1.29 is 9.53 Å². The van der Waals surface area contributed by atoms with E-state index in [0.29, 0.717) is 6.54 Å². The number of nitrogens with zero attached hydrogens (tertiary/aromatic N) is 1. The Morgan fingerprint density at radius 1 is 1.07 bits per heavy atom. The van der Waals surface area contributed by atoms with Crippen molar-refractivity contribution in [3.05, 3.63) is 65.9 Å². The van der Waals surface area contributed by atoms with Crippen LogP contribution in [0.1, 0.15) is 24.5 Å². The predicted molar refractivity (Wildman–Crippen MR) is 111 cm³/mol. The molecule has 1 heterocycles. The standard InChI is InChI=1S/C21H24N2O2.C2H2/c1-16(24)23(15-18-8-3-6-12-21(18)25-2)13-7-9-17-14-22-20-11-5-4-10-19(17)20;1-2/h3-6,8,10-12,14,22H,7,9,13,15H2,1-2H3;1-2H. The molecule has 0 spiro atoms. The molecule has 4 nitrogen and oxygen atoms in total. The lowest BCUT2D eigenvalue weighted by Crippen LogP contribution is -2.29. The average Bonchev–Trinajstić information content (AvgIpc) is 3.12. The van der Waals surface area contributed by atoms with E-state index in [9.17, 15) is 4.79 Å². The molecule has 0 saturated carbocycles. The topological polar surface area (TPSA) is 45.3 Å². The van der Waals surface area contributed by atoms with Gasteiger partial charge in [0.25, 0.3) is 0 Å². The van der Waals surface area contributed by atoms with Gasteiger partial charge in [-0.05, 0) is 30.5 Å². The molecule has 1 N–H and O–H groups in total. The number of hydrogen-bond donors (Lipinski definition) is 1. The quantitative estimate of drug-likeness (QED) is 0.633. The number of hydrogen-bond acceptors (Lipinski definition) is 2. The van der Waals surface area contributed by atoms with Crippen LogP contribution >= 0.6 is 0 Å². The largest absolute Gasteiger partial charge is 0.496 e. The lowest BCUT2D eigenvalue weighted by molar-refractivity contribution is -0.129. The number of carbonyl (C=O) groups excluding carboxylic acids is 1. The number of aromatic amines is 1. The number of aromatic nitrogens is 1. The summed E-state index contributed by atoms with van der Waals surface area (Å²) in [5, 5.41) is 1.27. The first-order valence-electron chi connectivity index (χ1n) is 8.95. The summed E-state index contributed by atoms with van der Waals surface area (Å²) in [6, 6.07) is 16.2. The molecule has 4 heteroatoms. The highest BCUT2D eigenvalue weighted by molar-refractivity contribution is 5.83. The Balaban J connectivity index is 0.00000126. The Bertz CT molecular complexity index is 895. The van der Waals surface area contributed by atoms with Crippen LogP contribution in [0.2, 0.25) is 0 Å². The SMILES string of the molecule is C#C.COc1ccccc1CN(CCCc1c[nH]c2ccccc12)C(C)=O. The molecule has 0 saturated heterocycles. The molecule has 0 fully saturated rings. The monoisotopic (exact) mass is 362 g/mol. The van der Waals surface area contributed by atoms with Crippen LogP contribution in [0.4, 0.5) is 0 Å². The van der Waals surface area contributed by atoms with Crippen LogP contribution in [-0.2, 0) is 17.8 Å². The molecule has 1 aromatic heterocycles.